The van der Waals surface area contributed by atoms with Crippen molar-refractivity contribution >= 4 is 27.7 Å². The molecule has 0 spiro atoms. The van der Waals surface area contributed by atoms with Crippen LogP contribution in [0.3, 0.4) is 0 Å². The zero-order valence-electron chi connectivity index (χ0n) is 20.8. The van der Waals surface area contributed by atoms with E-state index in [1.165, 1.54) is 24.3 Å². The number of benzene rings is 4. The molecule has 1 aromatic heterocycles. The van der Waals surface area contributed by atoms with Gasteiger partial charge in [0, 0.05) is 6.07 Å². The Labute approximate surface area is 220 Å². The molecule has 0 atom stereocenters. The number of aryl methyl sites for hydroxylation is 2. The van der Waals surface area contributed by atoms with Gasteiger partial charge in [0.05, 0.1) is 5.39 Å². The van der Waals surface area contributed by atoms with Crippen molar-refractivity contribution in [2.45, 2.75) is 20.0 Å². The molecule has 0 saturated carbocycles. The summed E-state index contributed by atoms with van der Waals surface area (Å²) in [5.41, 5.74) is 0.464. The lowest BCUT2D eigenvalue weighted by molar-refractivity contribution is -0.154. The highest BCUT2D eigenvalue weighted by molar-refractivity contribution is 5.84. The van der Waals surface area contributed by atoms with Crippen molar-refractivity contribution in [1.29, 1.82) is 0 Å². The quantitative estimate of drug-likeness (QED) is 0.167. The van der Waals surface area contributed by atoms with Gasteiger partial charge in [-0.15, -0.1) is 0 Å². The van der Waals surface area contributed by atoms with E-state index in [-0.39, 0.29) is 16.9 Å². The number of esters is 1. The Kier molecular flexibility index (Phi) is 6.74. The molecule has 0 aliphatic heterocycles. The number of halogens is 3. The first-order valence-corrected chi connectivity index (χ1v) is 11.8. The molecule has 39 heavy (non-hydrogen) atoms. The summed E-state index contributed by atoms with van der Waals surface area (Å²) in [6.45, 7) is 3.33. The Morgan fingerprint density at radius 2 is 1.51 bits per heavy atom. The lowest BCUT2D eigenvalue weighted by Crippen LogP contribution is -2.18. The number of hydrogen-bond donors (Lipinski definition) is 0. The number of rotatable bonds is 6. The Morgan fingerprint density at radius 1 is 0.821 bits per heavy atom. The Hall–Kier alpha value is -4.79. The first-order valence-electron chi connectivity index (χ1n) is 11.8. The van der Waals surface area contributed by atoms with Crippen LogP contribution in [0.15, 0.2) is 88.1 Å². The van der Waals surface area contributed by atoms with Crippen molar-refractivity contribution in [1.82, 2.24) is 0 Å². The molecule has 0 amide bonds. The first kappa shape index (κ1) is 25.8. The molecule has 0 bridgehead atoms. The van der Waals surface area contributed by atoms with Crippen LogP contribution in [0.25, 0.3) is 21.7 Å². The molecule has 9 heteroatoms. The predicted molar refractivity (Wildman–Crippen MR) is 139 cm³/mol. The molecular weight excluding hydrogens is 513 g/mol. The summed E-state index contributed by atoms with van der Waals surface area (Å²) >= 11 is 0. The summed E-state index contributed by atoms with van der Waals surface area (Å²) in [5, 5.41) is 1.40. The summed E-state index contributed by atoms with van der Waals surface area (Å²) in [6, 6.07) is 20.9. The molecule has 1 heterocycles. The van der Waals surface area contributed by atoms with Crippen molar-refractivity contribution in [3.63, 3.8) is 0 Å². The van der Waals surface area contributed by atoms with Crippen LogP contribution < -0.4 is 19.6 Å². The highest BCUT2D eigenvalue weighted by Crippen LogP contribution is 2.39. The van der Waals surface area contributed by atoms with E-state index in [9.17, 15) is 22.8 Å². The molecule has 6 nitrogen and oxygen atoms in total. The van der Waals surface area contributed by atoms with Crippen LogP contribution in [0.5, 0.6) is 23.0 Å². The van der Waals surface area contributed by atoms with Crippen LogP contribution in [0.2, 0.25) is 0 Å². The second kappa shape index (κ2) is 10.2. The minimum absolute atomic E-state index is 0.0419. The third-order valence-electron chi connectivity index (χ3n) is 5.80. The number of alkyl halides is 3. The smallest absolute Gasteiger partial charge is 0.453 e. The third kappa shape index (κ3) is 5.72. The second-order valence-corrected chi connectivity index (χ2v) is 8.94. The maximum absolute atomic E-state index is 13.9. The van der Waals surface area contributed by atoms with Crippen LogP contribution in [0.1, 0.15) is 16.9 Å². The topological polar surface area (TPSA) is 75.0 Å². The van der Waals surface area contributed by atoms with Gasteiger partial charge in [-0.1, -0.05) is 36.4 Å². The highest BCUT2D eigenvalue weighted by Gasteiger charge is 2.40. The fraction of sp³-hybridized carbons (Fsp3) is 0.133. The summed E-state index contributed by atoms with van der Waals surface area (Å²) in [4.78, 5) is 25.4. The van der Waals surface area contributed by atoms with E-state index in [1.54, 1.807) is 30.3 Å². The van der Waals surface area contributed by atoms with Crippen LogP contribution in [-0.4, -0.2) is 12.6 Å². The molecule has 0 fully saturated rings. The number of carbonyl (C=O) groups excluding carboxylic acids is 1. The van der Waals surface area contributed by atoms with Crippen molar-refractivity contribution < 1.29 is 36.6 Å². The van der Waals surface area contributed by atoms with Crippen molar-refractivity contribution in [3.8, 4) is 23.0 Å². The lowest BCUT2D eigenvalue weighted by Gasteiger charge is -2.14. The maximum Gasteiger partial charge on any atom is 0.453 e. The van der Waals surface area contributed by atoms with Crippen molar-refractivity contribution in [2.75, 3.05) is 6.61 Å². The van der Waals surface area contributed by atoms with Gasteiger partial charge in [0.25, 0.3) is 5.76 Å². The lowest BCUT2D eigenvalue weighted by atomic mass is 10.1. The van der Waals surface area contributed by atoms with E-state index >= 15 is 0 Å². The molecule has 0 aliphatic rings. The Balaban J connectivity index is 1.42. The molecule has 5 aromatic rings. The van der Waals surface area contributed by atoms with E-state index in [4.69, 9.17) is 18.6 Å². The largest absolute Gasteiger partial charge is 0.482 e. The van der Waals surface area contributed by atoms with Gasteiger partial charge < -0.3 is 18.6 Å². The van der Waals surface area contributed by atoms with Crippen LogP contribution >= 0.6 is 0 Å². The van der Waals surface area contributed by atoms with Crippen LogP contribution in [-0.2, 0) is 11.0 Å². The second-order valence-electron chi connectivity index (χ2n) is 8.94. The summed E-state index contributed by atoms with van der Waals surface area (Å²) in [5.74, 6) is -2.98. The molecule has 0 N–H and O–H groups in total. The molecule has 0 unspecified atom stereocenters. The number of hydrogen-bond acceptors (Lipinski definition) is 6. The summed E-state index contributed by atoms with van der Waals surface area (Å²) in [7, 11) is 0. The predicted octanol–water partition coefficient (Wildman–Crippen LogP) is 7.36. The monoisotopic (exact) mass is 534 g/mol. The summed E-state index contributed by atoms with van der Waals surface area (Å²) < 4.78 is 63.0. The van der Waals surface area contributed by atoms with Crippen LogP contribution in [0, 0.1) is 13.8 Å². The van der Waals surface area contributed by atoms with Gasteiger partial charge in [0.15, 0.2) is 6.61 Å². The highest BCUT2D eigenvalue weighted by atomic mass is 19.4. The van der Waals surface area contributed by atoms with E-state index in [2.05, 4.69) is 0 Å². The van der Waals surface area contributed by atoms with Gasteiger partial charge in [-0.3, -0.25) is 4.79 Å². The zero-order valence-corrected chi connectivity index (χ0v) is 20.8. The normalized spacial score (nSPS) is 11.5. The van der Waals surface area contributed by atoms with E-state index in [0.717, 1.165) is 28.0 Å². The van der Waals surface area contributed by atoms with Gasteiger partial charge >= 0.3 is 12.1 Å². The maximum atomic E-state index is 13.9. The Morgan fingerprint density at radius 3 is 2.23 bits per heavy atom. The molecule has 5 rings (SSSR count). The fourth-order valence-electron chi connectivity index (χ4n) is 4.17. The third-order valence-corrected chi connectivity index (χ3v) is 5.80. The van der Waals surface area contributed by atoms with Crippen molar-refractivity contribution in [2.24, 2.45) is 0 Å². The number of carbonyl (C=O) groups is 1. The number of ether oxygens (including phenoxy) is 3. The standard InChI is InChI=1S/C30H21F3O6/c1-17-11-18(2)13-23(12-17)36-16-26(34)37-22-9-10-24-25(15-22)39-29(30(31,32)33)28(27(24)35)38-21-8-7-19-5-3-4-6-20(19)14-21/h3-15H,16H2,1-2H3. The fourth-order valence-corrected chi connectivity index (χ4v) is 4.17. The van der Waals surface area contributed by atoms with Gasteiger partial charge in [-0.2, -0.15) is 13.2 Å². The minimum atomic E-state index is -5.04. The summed E-state index contributed by atoms with van der Waals surface area (Å²) in [6.07, 6.45) is -5.04. The van der Waals surface area contributed by atoms with Crippen molar-refractivity contribution in [3.05, 3.63) is 106 Å². The number of fused-ring (bicyclic) bond motifs is 2. The van der Waals surface area contributed by atoms with E-state index < -0.39 is 41.3 Å². The van der Waals surface area contributed by atoms with Gasteiger partial charge in [0.1, 0.15) is 22.8 Å². The SMILES string of the molecule is Cc1cc(C)cc(OCC(=O)Oc2ccc3c(=O)c(Oc4ccc5ccccc5c4)c(C(F)(F)F)oc3c2)c1. The average Bonchev–Trinajstić information content (AvgIpc) is 2.88. The Bertz CT molecular complexity index is 1750. The molecular formula is C30H21F3O6. The molecule has 198 valence electrons. The van der Waals surface area contributed by atoms with Crippen LogP contribution in [0.4, 0.5) is 13.2 Å². The molecule has 0 radical (unpaired) electrons. The van der Waals surface area contributed by atoms with Gasteiger partial charge in [0.2, 0.25) is 11.2 Å². The van der Waals surface area contributed by atoms with Gasteiger partial charge in [-0.05, 0) is 72.1 Å². The zero-order chi connectivity index (χ0) is 27.7. The van der Waals surface area contributed by atoms with E-state index in [1.807, 2.05) is 32.0 Å². The minimum Gasteiger partial charge on any atom is -0.482 e. The average molecular weight is 534 g/mol. The van der Waals surface area contributed by atoms with E-state index in [0.29, 0.717) is 5.75 Å². The first-order chi connectivity index (χ1) is 18.6. The molecule has 0 aliphatic carbocycles. The molecule has 4 aromatic carbocycles. The molecule has 0 saturated heterocycles. The van der Waals surface area contributed by atoms with Gasteiger partial charge in [-0.25, -0.2) is 4.79 Å².